The third kappa shape index (κ3) is 5.30. The van der Waals surface area contributed by atoms with Gasteiger partial charge in [-0.25, -0.2) is 12.8 Å². The predicted molar refractivity (Wildman–Crippen MR) is 120 cm³/mol. The molecule has 0 heterocycles. The van der Waals surface area contributed by atoms with Gasteiger partial charge in [0.15, 0.2) is 0 Å². The Kier molecular flexibility index (Phi) is 6.75. The van der Waals surface area contributed by atoms with Gasteiger partial charge in [-0.3, -0.25) is 9.10 Å². The van der Waals surface area contributed by atoms with E-state index in [1.807, 2.05) is 19.1 Å². The first kappa shape index (κ1) is 22.5. The molecule has 7 heteroatoms. The fourth-order valence-electron chi connectivity index (χ4n) is 3.26. The van der Waals surface area contributed by atoms with E-state index in [4.69, 9.17) is 0 Å². The quantitative estimate of drug-likeness (QED) is 0.588. The van der Waals surface area contributed by atoms with Crippen molar-refractivity contribution >= 4 is 21.6 Å². The number of amides is 1. The number of anilines is 1. The summed E-state index contributed by atoms with van der Waals surface area (Å²) in [6, 6.07) is 18.9. The summed E-state index contributed by atoms with van der Waals surface area (Å²) >= 11 is 0. The Bertz CT molecular complexity index is 1160. The minimum absolute atomic E-state index is 0.107. The van der Waals surface area contributed by atoms with E-state index >= 15 is 0 Å². The van der Waals surface area contributed by atoms with Gasteiger partial charge in [-0.2, -0.15) is 0 Å². The van der Waals surface area contributed by atoms with Crippen LogP contribution in [-0.4, -0.2) is 20.9 Å². The van der Waals surface area contributed by atoms with Crippen molar-refractivity contribution in [3.05, 3.63) is 95.3 Å². The Morgan fingerprint density at radius 1 is 1.00 bits per heavy atom. The maximum Gasteiger partial charge on any atom is 0.264 e. The summed E-state index contributed by atoms with van der Waals surface area (Å²) in [7, 11) is -3.97. The number of nitrogens with one attached hydrogen (secondary N) is 1. The van der Waals surface area contributed by atoms with Crippen LogP contribution in [0.5, 0.6) is 0 Å². The maximum atomic E-state index is 13.4. The minimum Gasteiger partial charge on any atom is -0.348 e. The largest absolute Gasteiger partial charge is 0.348 e. The molecular weight excluding hydrogens is 415 g/mol. The highest BCUT2D eigenvalue weighted by Crippen LogP contribution is 2.28. The second-order valence-corrected chi connectivity index (χ2v) is 9.32. The van der Waals surface area contributed by atoms with Crippen LogP contribution in [0, 0.1) is 19.7 Å². The fourth-order valence-corrected chi connectivity index (χ4v) is 4.76. The van der Waals surface area contributed by atoms with Crippen LogP contribution >= 0.6 is 0 Å². The van der Waals surface area contributed by atoms with Gasteiger partial charge in [-0.15, -0.1) is 0 Å². The molecule has 0 fully saturated rings. The molecule has 31 heavy (non-hydrogen) atoms. The average Bonchev–Trinajstić information content (AvgIpc) is 2.75. The molecule has 3 rings (SSSR count). The summed E-state index contributed by atoms with van der Waals surface area (Å²) in [5.41, 5.74) is 2.80. The Hall–Kier alpha value is -3.19. The second-order valence-electron chi connectivity index (χ2n) is 7.46. The molecular formula is C24H25FN2O3S. The van der Waals surface area contributed by atoms with Gasteiger partial charge in [0, 0.05) is 0 Å². The normalized spacial score (nSPS) is 12.3. The van der Waals surface area contributed by atoms with Gasteiger partial charge in [0.2, 0.25) is 5.91 Å². The highest BCUT2D eigenvalue weighted by atomic mass is 32.2. The van der Waals surface area contributed by atoms with Gasteiger partial charge in [-0.05, 0) is 67.8 Å². The lowest BCUT2D eigenvalue weighted by Crippen LogP contribution is -2.42. The van der Waals surface area contributed by atoms with Gasteiger partial charge >= 0.3 is 0 Å². The minimum atomic E-state index is -3.97. The summed E-state index contributed by atoms with van der Waals surface area (Å²) in [6.45, 7) is 5.06. The molecule has 1 N–H and O–H groups in total. The van der Waals surface area contributed by atoms with E-state index in [2.05, 4.69) is 5.32 Å². The van der Waals surface area contributed by atoms with Gasteiger partial charge in [-0.1, -0.05) is 42.5 Å². The molecule has 3 aromatic carbocycles. The summed E-state index contributed by atoms with van der Waals surface area (Å²) < 4.78 is 41.2. The molecule has 0 radical (unpaired) electrons. The van der Waals surface area contributed by atoms with Gasteiger partial charge < -0.3 is 5.32 Å². The Balaban J connectivity index is 1.92. The van der Waals surface area contributed by atoms with Gasteiger partial charge in [0.1, 0.15) is 12.4 Å². The van der Waals surface area contributed by atoms with E-state index in [-0.39, 0.29) is 17.3 Å². The lowest BCUT2D eigenvalue weighted by molar-refractivity contribution is -0.120. The molecule has 5 nitrogen and oxygen atoms in total. The Morgan fingerprint density at radius 2 is 1.65 bits per heavy atom. The number of carbonyl (C=O) groups excluding carboxylic acids is 1. The maximum absolute atomic E-state index is 13.4. The first-order chi connectivity index (χ1) is 14.7. The number of sulfonamides is 1. The first-order valence-electron chi connectivity index (χ1n) is 9.88. The zero-order valence-electron chi connectivity index (χ0n) is 17.7. The van der Waals surface area contributed by atoms with E-state index in [0.29, 0.717) is 5.69 Å². The second kappa shape index (κ2) is 9.31. The molecule has 0 aliphatic carbocycles. The molecule has 0 aliphatic rings. The number of hydrogen-bond acceptors (Lipinski definition) is 3. The summed E-state index contributed by atoms with van der Waals surface area (Å²) in [6.07, 6.45) is 0. The monoisotopic (exact) mass is 440 g/mol. The van der Waals surface area contributed by atoms with Crippen LogP contribution in [-0.2, 0) is 14.8 Å². The summed E-state index contributed by atoms with van der Waals surface area (Å²) in [4.78, 5) is 13.0. The van der Waals surface area contributed by atoms with Crippen molar-refractivity contribution in [2.45, 2.75) is 31.7 Å². The third-order valence-electron chi connectivity index (χ3n) is 5.00. The van der Waals surface area contributed by atoms with Crippen molar-refractivity contribution in [2.24, 2.45) is 0 Å². The number of halogens is 1. The fraction of sp³-hybridized carbons (Fsp3) is 0.208. The lowest BCUT2D eigenvalue weighted by atomic mass is 10.1. The van der Waals surface area contributed by atoms with E-state index in [1.165, 1.54) is 24.3 Å². The first-order valence-corrected chi connectivity index (χ1v) is 11.3. The van der Waals surface area contributed by atoms with Crippen molar-refractivity contribution in [2.75, 3.05) is 10.8 Å². The van der Waals surface area contributed by atoms with Crippen molar-refractivity contribution in [1.29, 1.82) is 0 Å². The van der Waals surface area contributed by atoms with E-state index in [9.17, 15) is 17.6 Å². The Morgan fingerprint density at radius 3 is 2.29 bits per heavy atom. The number of aryl methyl sites for hydroxylation is 2. The van der Waals surface area contributed by atoms with Gasteiger partial charge in [0.25, 0.3) is 10.0 Å². The van der Waals surface area contributed by atoms with Gasteiger partial charge in [0.05, 0.1) is 16.6 Å². The summed E-state index contributed by atoms with van der Waals surface area (Å²) in [5.74, 6) is -0.824. The van der Waals surface area contributed by atoms with Crippen LogP contribution in [0.4, 0.5) is 10.1 Å². The SMILES string of the molecule is Cc1ccc(C)c(N(CC(=O)N[C@@H](C)c2ccc(F)cc2)S(=O)(=O)c2ccccc2)c1. The molecule has 1 atom stereocenters. The van der Waals surface area contributed by atoms with Crippen LogP contribution in [0.15, 0.2) is 77.7 Å². The molecule has 0 aromatic heterocycles. The average molecular weight is 441 g/mol. The lowest BCUT2D eigenvalue weighted by Gasteiger charge is -2.27. The van der Waals surface area contributed by atoms with Crippen molar-refractivity contribution in [3.8, 4) is 0 Å². The van der Waals surface area contributed by atoms with E-state index < -0.39 is 22.0 Å². The molecule has 0 saturated carbocycles. The van der Waals surface area contributed by atoms with Crippen molar-refractivity contribution in [1.82, 2.24) is 5.32 Å². The highest BCUT2D eigenvalue weighted by Gasteiger charge is 2.28. The zero-order chi connectivity index (χ0) is 22.6. The van der Waals surface area contributed by atoms with Crippen LogP contribution in [0.3, 0.4) is 0 Å². The van der Waals surface area contributed by atoms with Crippen LogP contribution < -0.4 is 9.62 Å². The number of hydrogen-bond donors (Lipinski definition) is 1. The van der Waals surface area contributed by atoms with E-state index in [1.54, 1.807) is 50.2 Å². The number of nitrogens with zero attached hydrogens (tertiary/aromatic N) is 1. The van der Waals surface area contributed by atoms with E-state index in [0.717, 1.165) is 21.0 Å². The molecule has 0 aliphatic heterocycles. The zero-order valence-corrected chi connectivity index (χ0v) is 18.5. The number of carbonyl (C=O) groups is 1. The van der Waals surface area contributed by atoms with Crippen LogP contribution in [0.2, 0.25) is 0 Å². The number of rotatable bonds is 7. The topological polar surface area (TPSA) is 66.5 Å². The summed E-state index contributed by atoms with van der Waals surface area (Å²) in [5, 5.41) is 2.81. The Labute approximate surface area is 182 Å². The molecule has 0 saturated heterocycles. The molecule has 0 unspecified atom stereocenters. The molecule has 162 valence electrons. The highest BCUT2D eigenvalue weighted by molar-refractivity contribution is 7.92. The number of benzene rings is 3. The van der Waals surface area contributed by atoms with Crippen LogP contribution in [0.1, 0.15) is 29.7 Å². The standard InChI is InChI=1S/C24H25FN2O3S/c1-17-9-10-18(2)23(15-17)27(31(29,30)22-7-5-4-6-8-22)16-24(28)26-19(3)20-11-13-21(25)14-12-20/h4-15,19H,16H2,1-3H3,(H,26,28)/t19-/m0/s1. The smallest absolute Gasteiger partial charge is 0.264 e. The molecule has 3 aromatic rings. The van der Waals surface area contributed by atoms with Crippen LogP contribution in [0.25, 0.3) is 0 Å². The molecule has 0 bridgehead atoms. The molecule has 1 amide bonds. The van der Waals surface area contributed by atoms with Crippen molar-refractivity contribution < 1.29 is 17.6 Å². The predicted octanol–water partition coefficient (Wildman–Crippen LogP) is 4.52. The van der Waals surface area contributed by atoms with Crippen molar-refractivity contribution in [3.63, 3.8) is 0 Å². The third-order valence-corrected chi connectivity index (χ3v) is 6.77. The molecule has 0 spiro atoms.